The molecule has 22 heavy (non-hydrogen) atoms. The summed E-state index contributed by atoms with van der Waals surface area (Å²) in [5.41, 5.74) is 7.16. The number of hydrogen-bond donors (Lipinski definition) is 1. The van der Waals surface area contributed by atoms with Crippen LogP contribution < -0.4 is 10.5 Å². The minimum Gasteiger partial charge on any atom is -0.490 e. The normalized spacial score (nSPS) is 16.5. The first-order chi connectivity index (χ1) is 10.7. The largest absolute Gasteiger partial charge is 0.490 e. The van der Waals surface area contributed by atoms with Gasteiger partial charge in [0.2, 0.25) is 0 Å². The van der Waals surface area contributed by atoms with Gasteiger partial charge < -0.3 is 15.4 Å². The summed E-state index contributed by atoms with van der Waals surface area (Å²) >= 11 is 0. The van der Waals surface area contributed by atoms with Crippen molar-refractivity contribution in [2.24, 2.45) is 10.7 Å². The molecule has 0 aliphatic heterocycles. The fourth-order valence-corrected chi connectivity index (χ4v) is 2.91. The third-order valence-corrected chi connectivity index (χ3v) is 4.26. The van der Waals surface area contributed by atoms with Gasteiger partial charge in [0.15, 0.2) is 5.96 Å². The van der Waals surface area contributed by atoms with Crippen LogP contribution in [0.2, 0.25) is 0 Å². The lowest BCUT2D eigenvalue weighted by Crippen LogP contribution is -2.37. The van der Waals surface area contributed by atoms with Crippen LogP contribution in [0.1, 0.15) is 51.5 Å². The molecule has 1 fully saturated rings. The summed E-state index contributed by atoms with van der Waals surface area (Å²) in [5.74, 6) is 1.57. The van der Waals surface area contributed by atoms with Crippen LogP contribution in [0.4, 0.5) is 0 Å². The van der Waals surface area contributed by atoms with Gasteiger partial charge in [0.05, 0.1) is 12.6 Å². The van der Waals surface area contributed by atoms with Gasteiger partial charge in [-0.1, -0.05) is 18.6 Å². The van der Waals surface area contributed by atoms with E-state index in [2.05, 4.69) is 35.9 Å². The second kappa shape index (κ2) is 8.66. The Labute approximate surface area is 134 Å². The predicted molar refractivity (Wildman–Crippen MR) is 92.2 cm³/mol. The Kier molecular flexibility index (Phi) is 6.56. The van der Waals surface area contributed by atoms with Crippen molar-refractivity contribution < 1.29 is 4.74 Å². The van der Waals surface area contributed by atoms with Gasteiger partial charge in [0.25, 0.3) is 0 Å². The van der Waals surface area contributed by atoms with Crippen LogP contribution in [-0.4, -0.2) is 30.1 Å². The van der Waals surface area contributed by atoms with Gasteiger partial charge in [0.1, 0.15) is 5.75 Å². The monoisotopic (exact) mass is 303 g/mol. The van der Waals surface area contributed by atoms with E-state index in [0.29, 0.717) is 18.6 Å². The highest BCUT2D eigenvalue weighted by molar-refractivity contribution is 5.78. The van der Waals surface area contributed by atoms with Crippen molar-refractivity contribution in [1.29, 1.82) is 0 Å². The molecule has 1 saturated carbocycles. The molecule has 2 rings (SSSR count). The van der Waals surface area contributed by atoms with E-state index in [9.17, 15) is 0 Å². The zero-order valence-corrected chi connectivity index (χ0v) is 13.9. The Morgan fingerprint density at radius 3 is 2.64 bits per heavy atom. The van der Waals surface area contributed by atoms with E-state index in [4.69, 9.17) is 10.5 Å². The lowest BCUT2D eigenvalue weighted by molar-refractivity contribution is 0.155. The van der Waals surface area contributed by atoms with Crippen molar-refractivity contribution in [1.82, 2.24) is 4.90 Å². The molecule has 0 unspecified atom stereocenters. The van der Waals surface area contributed by atoms with E-state index >= 15 is 0 Å². The molecule has 0 saturated heterocycles. The van der Waals surface area contributed by atoms with Crippen molar-refractivity contribution >= 4 is 5.96 Å². The summed E-state index contributed by atoms with van der Waals surface area (Å²) < 4.78 is 6.10. The number of nitrogens with zero attached hydrogens (tertiary/aromatic N) is 2. The van der Waals surface area contributed by atoms with Crippen LogP contribution in [0.25, 0.3) is 0 Å². The van der Waals surface area contributed by atoms with E-state index in [1.54, 1.807) is 0 Å². The molecular formula is C18H29N3O. The maximum absolute atomic E-state index is 6.10. The van der Waals surface area contributed by atoms with Crippen LogP contribution in [0.3, 0.4) is 0 Å². The summed E-state index contributed by atoms with van der Waals surface area (Å²) in [6.07, 6.45) is 6.66. The Bertz CT molecular complexity index is 477. The minimum atomic E-state index is 0.383. The third kappa shape index (κ3) is 4.93. The number of guanidine groups is 1. The van der Waals surface area contributed by atoms with Gasteiger partial charge >= 0.3 is 0 Å². The molecule has 1 aliphatic carbocycles. The van der Waals surface area contributed by atoms with Crippen molar-refractivity contribution in [3.05, 3.63) is 29.8 Å². The first-order valence-electron chi connectivity index (χ1n) is 8.53. The topological polar surface area (TPSA) is 50.8 Å². The lowest BCUT2D eigenvalue weighted by atomic mass is 9.98. The second-order valence-electron chi connectivity index (χ2n) is 5.87. The van der Waals surface area contributed by atoms with Gasteiger partial charge in [-0.3, -0.25) is 0 Å². The fraction of sp³-hybridized carbons (Fsp3) is 0.611. The van der Waals surface area contributed by atoms with Crippen molar-refractivity contribution in [3.63, 3.8) is 0 Å². The van der Waals surface area contributed by atoms with E-state index in [0.717, 1.165) is 24.4 Å². The number of nitrogens with two attached hydrogens (primary N) is 1. The van der Waals surface area contributed by atoms with Gasteiger partial charge in [-0.2, -0.15) is 0 Å². The summed E-state index contributed by atoms with van der Waals surface area (Å²) in [6, 6.07) is 8.24. The first-order valence-corrected chi connectivity index (χ1v) is 8.53. The van der Waals surface area contributed by atoms with E-state index in [1.807, 2.05) is 12.1 Å². The Morgan fingerprint density at radius 2 is 1.95 bits per heavy atom. The lowest BCUT2D eigenvalue weighted by Gasteiger charge is -2.23. The van der Waals surface area contributed by atoms with Gasteiger partial charge in [-0.25, -0.2) is 4.99 Å². The smallest absolute Gasteiger partial charge is 0.191 e. The average Bonchev–Trinajstić information content (AvgIpc) is 2.55. The first kappa shape index (κ1) is 16.7. The standard InChI is InChI=1S/C18H29N3O/c1-3-21(4-2)18(19)20-14-15-9-8-12-17(13-15)22-16-10-6-5-7-11-16/h8-9,12-13,16H,3-7,10-11,14H2,1-2H3,(H2,19,20). The van der Waals surface area contributed by atoms with Crippen LogP contribution in [-0.2, 0) is 6.54 Å². The zero-order valence-electron chi connectivity index (χ0n) is 13.9. The predicted octanol–water partition coefficient (Wildman–Crippen LogP) is 3.55. The molecule has 4 heteroatoms. The molecule has 0 aromatic heterocycles. The molecule has 0 radical (unpaired) electrons. The molecule has 1 aromatic carbocycles. The maximum Gasteiger partial charge on any atom is 0.191 e. The fourth-order valence-electron chi connectivity index (χ4n) is 2.91. The minimum absolute atomic E-state index is 0.383. The van der Waals surface area contributed by atoms with E-state index in [-0.39, 0.29) is 0 Å². The second-order valence-corrected chi connectivity index (χ2v) is 5.87. The van der Waals surface area contributed by atoms with Crippen LogP contribution in [0.5, 0.6) is 5.75 Å². The molecular weight excluding hydrogens is 274 g/mol. The Balaban J connectivity index is 1.94. The van der Waals surface area contributed by atoms with Gasteiger partial charge in [-0.05, 0) is 57.2 Å². The highest BCUT2D eigenvalue weighted by atomic mass is 16.5. The van der Waals surface area contributed by atoms with Crippen molar-refractivity contribution in [2.75, 3.05) is 13.1 Å². The molecule has 0 spiro atoms. The van der Waals surface area contributed by atoms with Crippen molar-refractivity contribution in [3.8, 4) is 5.75 Å². The number of benzene rings is 1. The average molecular weight is 303 g/mol. The van der Waals surface area contributed by atoms with E-state index < -0.39 is 0 Å². The molecule has 0 heterocycles. The van der Waals surface area contributed by atoms with Crippen LogP contribution in [0.15, 0.2) is 29.3 Å². The number of ether oxygens (including phenoxy) is 1. The number of rotatable bonds is 6. The SMILES string of the molecule is CCN(CC)C(N)=NCc1cccc(OC2CCCCC2)c1. The zero-order chi connectivity index (χ0) is 15.8. The number of hydrogen-bond acceptors (Lipinski definition) is 2. The molecule has 1 aliphatic rings. The summed E-state index contributed by atoms with van der Waals surface area (Å²) in [7, 11) is 0. The van der Waals surface area contributed by atoms with Gasteiger partial charge in [-0.15, -0.1) is 0 Å². The maximum atomic E-state index is 6.10. The molecule has 1 aromatic rings. The molecule has 0 amide bonds. The van der Waals surface area contributed by atoms with Crippen molar-refractivity contribution in [2.45, 2.75) is 58.6 Å². The molecule has 0 atom stereocenters. The summed E-state index contributed by atoms with van der Waals surface area (Å²) in [4.78, 5) is 6.55. The molecule has 122 valence electrons. The highest BCUT2D eigenvalue weighted by Gasteiger charge is 2.14. The number of aliphatic imine (C=N–C) groups is 1. The molecule has 4 nitrogen and oxygen atoms in total. The summed E-state index contributed by atoms with van der Waals surface area (Å²) in [6.45, 7) is 6.55. The Hall–Kier alpha value is -1.71. The highest BCUT2D eigenvalue weighted by Crippen LogP contribution is 2.24. The Morgan fingerprint density at radius 1 is 1.23 bits per heavy atom. The molecule has 0 bridgehead atoms. The van der Waals surface area contributed by atoms with Crippen LogP contribution >= 0.6 is 0 Å². The summed E-state index contributed by atoms with van der Waals surface area (Å²) in [5, 5.41) is 0. The third-order valence-electron chi connectivity index (χ3n) is 4.26. The quantitative estimate of drug-likeness (QED) is 0.646. The molecule has 2 N–H and O–H groups in total. The van der Waals surface area contributed by atoms with Crippen LogP contribution in [0, 0.1) is 0 Å². The van der Waals surface area contributed by atoms with E-state index in [1.165, 1.54) is 32.1 Å². The van der Waals surface area contributed by atoms with Gasteiger partial charge in [0, 0.05) is 13.1 Å².